The van der Waals surface area contributed by atoms with Crippen LogP contribution in [-0.2, 0) is 23.1 Å². The van der Waals surface area contributed by atoms with Crippen LogP contribution in [0.4, 0.5) is 42.2 Å². The quantitative estimate of drug-likeness (QED) is 0.153. The highest BCUT2D eigenvalue weighted by molar-refractivity contribution is 5.95. The van der Waals surface area contributed by atoms with Gasteiger partial charge in [-0.15, -0.1) is 0 Å². The van der Waals surface area contributed by atoms with Crippen LogP contribution in [0.25, 0.3) is 16.8 Å². The number of hydrogen-bond acceptors (Lipinski definition) is 8. The van der Waals surface area contributed by atoms with Gasteiger partial charge in [0.05, 0.1) is 11.8 Å². The molecule has 2 heterocycles. The number of aliphatic hydroxyl groups is 4. The molecule has 0 aliphatic rings. The number of benzene rings is 2. The molecule has 10 nitrogen and oxygen atoms in total. The van der Waals surface area contributed by atoms with Crippen molar-refractivity contribution in [1.82, 2.24) is 14.4 Å². The van der Waals surface area contributed by atoms with Crippen LogP contribution in [0.15, 0.2) is 42.6 Å². The van der Waals surface area contributed by atoms with Crippen molar-refractivity contribution in [2.75, 3.05) is 11.1 Å². The molecule has 0 saturated heterocycles. The first-order valence-corrected chi connectivity index (χ1v) is 11.2. The van der Waals surface area contributed by atoms with E-state index in [1.165, 1.54) is 25.1 Å². The van der Waals surface area contributed by atoms with Gasteiger partial charge in [-0.1, -0.05) is 6.07 Å². The fraction of sp³-hybridized carbons (Fsp3) is 0.208. The van der Waals surface area contributed by atoms with Crippen molar-refractivity contribution in [3.8, 4) is 11.3 Å². The van der Waals surface area contributed by atoms with Crippen LogP contribution in [0.3, 0.4) is 0 Å². The summed E-state index contributed by atoms with van der Waals surface area (Å²) in [5.74, 6) is -8.19. The van der Waals surface area contributed by atoms with Crippen molar-refractivity contribution in [3.63, 3.8) is 0 Å². The third-order valence-electron chi connectivity index (χ3n) is 5.84. The van der Waals surface area contributed by atoms with Crippen molar-refractivity contribution in [3.05, 3.63) is 76.6 Å². The van der Waals surface area contributed by atoms with Crippen LogP contribution in [0.5, 0.6) is 0 Å². The van der Waals surface area contributed by atoms with Crippen LogP contribution >= 0.6 is 0 Å². The molecular weight excluding hydrogens is 571 g/mol. The molecule has 17 heteroatoms. The summed E-state index contributed by atoms with van der Waals surface area (Å²) >= 11 is 0. The first-order valence-electron chi connectivity index (χ1n) is 11.2. The van der Waals surface area contributed by atoms with Crippen molar-refractivity contribution in [2.24, 2.45) is 0 Å². The number of rotatable bonds is 5. The van der Waals surface area contributed by atoms with Gasteiger partial charge in [0.15, 0.2) is 6.10 Å². The summed E-state index contributed by atoms with van der Waals surface area (Å²) in [7, 11) is 0. The Hall–Kier alpha value is -4.32. The third kappa shape index (κ3) is 5.78. The van der Waals surface area contributed by atoms with E-state index in [1.807, 2.05) is 0 Å². The first-order chi connectivity index (χ1) is 18.8. The third-order valence-corrected chi connectivity index (χ3v) is 5.84. The lowest BCUT2D eigenvalue weighted by molar-refractivity contribution is -0.329. The Kier molecular flexibility index (Phi) is 7.20. The van der Waals surface area contributed by atoms with Gasteiger partial charge >= 0.3 is 18.3 Å². The maximum absolute atomic E-state index is 13.7. The molecule has 2 aromatic heterocycles. The Balaban J connectivity index is 1.73. The number of aliphatic hydroxyl groups excluding tert-OH is 1. The number of aryl methyl sites for hydroxylation is 1. The van der Waals surface area contributed by atoms with Gasteiger partial charge in [-0.2, -0.15) is 26.3 Å². The highest BCUT2D eigenvalue weighted by atomic mass is 19.4. The zero-order valence-corrected chi connectivity index (χ0v) is 20.4. The second-order valence-electron chi connectivity index (χ2n) is 8.82. The molecule has 1 unspecified atom stereocenters. The smallest absolute Gasteiger partial charge is 0.382 e. The second-order valence-corrected chi connectivity index (χ2v) is 8.82. The molecule has 0 saturated carbocycles. The average molecular weight is 589 g/mol. The summed E-state index contributed by atoms with van der Waals surface area (Å²) in [6.07, 6.45) is -12.0. The number of hydrogen-bond donors (Lipinski definition) is 6. The van der Waals surface area contributed by atoms with Gasteiger partial charge in [0, 0.05) is 11.3 Å². The number of anilines is 2. The average Bonchev–Trinajstić information content (AvgIpc) is 3.24. The number of nitrogens with one attached hydrogen (secondary N) is 1. The minimum Gasteiger partial charge on any atom is -0.382 e. The summed E-state index contributed by atoms with van der Waals surface area (Å²) < 4.78 is 93.8. The number of alkyl halides is 6. The Bertz CT molecular complexity index is 1660. The highest BCUT2D eigenvalue weighted by Crippen LogP contribution is 2.38. The molecule has 0 radical (unpaired) electrons. The molecule has 218 valence electrons. The fourth-order valence-corrected chi connectivity index (χ4v) is 4.06. The molecular formula is C24H18F7N5O5. The number of aromatic nitrogens is 3. The van der Waals surface area contributed by atoms with E-state index >= 15 is 0 Å². The predicted octanol–water partition coefficient (Wildman–Crippen LogP) is 3.22. The molecule has 7 N–H and O–H groups in total. The summed E-state index contributed by atoms with van der Waals surface area (Å²) in [4.78, 5) is 19.8. The number of imidazole rings is 1. The van der Waals surface area contributed by atoms with E-state index in [0.29, 0.717) is 18.3 Å². The van der Waals surface area contributed by atoms with Gasteiger partial charge in [0.25, 0.3) is 5.91 Å². The lowest BCUT2D eigenvalue weighted by Crippen LogP contribution is -2.29. The molecule has 4 aromatic rings. The Morgan fingerprint density at radius 2 is 1.68 bits per heavy atom. The van der Waals surface area contributed by atoms with Gasteiger partial charge in [-0.25, -0.2) is 14.4 Å². The summed E-state index contributed by atoms with van der Waals surface area (Å²) in [6, 6.07) is 4.76. The molecule has 41 heavy (non-hydrogen) atoms. The fourth-order valence-electron chi connectivity index (χ4n) is 4.06. The zero-order valence-electron chi connectivity index (χ0n) is 20.4. The topological polar surface area (TPSA) is 166 Å². The van der Waals surface area contributed by atoms with Crippen LogP contribution in [0, 0.1) is 12.7 Å². The summed E-state index contributed by atoms with van der Waals surface area (Å²) in [5.41, 5.74) is 1.39. The maximum atomic E-state index is 13.7. The molecule has 0 spiro atoms. The van der Waals surface area contributed by atoms with Crippen molar-refractivity contribution in [2.45, 2.75) is 31.4 Å². The van der Waals surface area contributed by atoms with Gasteiger partial charge in [0.1, 0.15) is 28.5 Å². The van der Waals surface area contributed by atoms with Gasteiger partial charge in [-0.3, -0.25) is 9.20 Å². The number of halogens is 7. The number of carbonyl (C=O) groups is 1. The Morgan fingerprint density at radius 3 is 2.24 bits per heavy atom. The number of fused-ring (bicyclic) bond motifs is 1. The van der Waals surface area contributed by atoms with E-state index in [4.69, 9.17) is 5.73 Å². The SMILES string of the molecule is Cc1cc(NC(=O)C(O)c2cc(F)cc(C(F)(F)F)c2)ccc1-c1nc(C(O)(O)O)n2c(C(F)(F)F)cnc(N)c12. The summed E-state index contributed by atoms with van der Waals surface area (Å²) in [6.45, 7) is 1.40. The maximum Gasteiger partial charge on any atom is 0.433 e. The number of carbonyl (C=O) groups excluding carboxylic acids is 1. The van der Waals surface area contributed by atoms with Crippen molar-refractivity contribution < 1.29 is 56.0 Å². The van der Waals surface area contributed by atoms with E-state index in [-0.39, 0.29) is 33.0 Å². The lowest BCUT2D eigenvalue weighted by atomic mass is 10.0. The van der Waals surface area contributed by atoms with Crippen LogP contribution in [0.2, 0.25) is 0 Å². The zero-order chi connectivity index (χ0) is 30.7. The minimum absolute atomic E-state index is 0.0318. The summed E-state index contributed by atoms with van der Waals surface area (Å²) in [5, 5.41) is 41.6. The number of nitrogens with zero attached hydrogens (tertiary/aromatic N) is 3. The molecule has 4 rings (SSSR count). The molecule has 1 amide bonds. The molecule has 0 aliphatic heterocycles. The van der Waals surface area contributed by atoms with Gasteiger partial charge < -0.3 is 31.5 Å². The largest absolute Gasteiger partial charge is 0.433 e. The van der Waals surface area contributed by atoms with Crippen LogP contribution < -0.4 is 11.1 Å². The van der Waals surface area contributed by atoms with Gasteiger partial charge in [-0.05, 0) is 48.4 Å². The first kappa shape index (κ1) is 29.7. The number of nitrogen functional groups attached to an aromatic ring is 1. The van der Waals surface area contributed by atoms with Crippen molar-refractivity contribution in [1.29, 1.82) is 0 Å². The molecule has 0 fully saturated rings. The van der Waals surface area contributed by atoms with Gasteiger partial charge in [0.2, 0.25) is 5.82 Å². The molecule has 1 atom stereocenters. The molecule has 2 aromatic carbocycles. The van der Waals surface area contributed by atoms with E-state index in [0.717, 1.165) is 0 Å². The number of amides is 1. The minimum atomic E-state index is -5.09. The van der Waals surface area contributed by atoms with E-state index < -0.39 is 70.1 Å². The number of nitrogens with two attached hydrogens (primary N) is 1. The monoisotopic (exact) mass is 589 g/mol. The normalized spacial score (nSPS) is 13.5. The predicted molar refractivity (Wildman–Crippen MR) is 126 cm³/mol. The van der Waals surface area contributed by atoms with E-state index in [9.17, 15) is 56.0 Å². The molecule has 0 bridgehead atoms. The molecule has 0 aliphatic carbocycles. The Labute approximate surface area is 224 Å². The van der Waals surface area contributed by atoms with Crippen LogP contribution in [0.1, 0.15) is 34.3 Å². The van der Waals surface area contributed by atoms with E-state index in [1.54, 1.807) is 0 Å². The van der Waals surface area contributed by atoms with Crippen LogP contribution in [-0.4, -0.2) is 40.7 Å². The lowest BCUT2D eigenvalue weighted by Gasteiger charge is -2.16. The Morgan fingerprint density at radius 1 is 1.02 bits per heavy atom. The standard InChI is InChI=1S/C24H18F7N5O5/c1-9-4-13(34-20(38)18(37)10-5-11(22(26,27)28)7-12(25)6-10)2-3-14(9)16-17-19(32)33-8-15(23(29,30)31)36(17)21(35-16)24(39,40)41/h2-8,18,37,39-41H,1H3,(H2,32,33)(H,34,38). The van der Waals surface area contributed by atoms with E-state index in [2.05, 4.69) is 15.3 Å². The van der Waals surface area contributed by atoms with Crippen molar-refractivity contribution >= 4 is 22.9 Å². The highest BCUT2D eigenvalue weighted by Gasteiger charge is 2.40. The second kappa shape index (κ2) is 9.95.